The van der Waals surface area contributed by atoms with Gasteiger partial charge in [0.15, 0.2) is 0 Å². The van der Waals surface area contributed by atoms with E-state index in [-0.39, 0.29) is 24.3 Å². The fourth-order valence-electron chi connectivity index (χ4n) is 4.56. The number of ether oxygens (including phenoxy) is 1. The van der Waals surface area contributed by atoms with Crippen LogP contribution in [0.1, 0.15) is 55.5 Å². The molecule has 0 radical (unpaired) electrons. The highest BCUT2D eigenvalue weighted by atomic mass is 35.5. The van der Waals surface area contributed by atoms with E-state index in [2.05, 4.69) is 5.32 Å². The number of halogens is 2. The van der Waals surface area contributed by atoms with Crippen molar-refractivity contribution in [3.8, 4) is 0 Å². The van der Waals surface area contributed by atoms with E-state index < -0.39 is 23.9 Å². The number of nitrogens with zero attached hydrogens (tertiary/aromatic N) is 1. The third-order valence-electron chi connectivity index (χ3n) is 6.33. The first kappa shape index (κ1) is 27.8. The molecule has 0 aromatic heterocycles. The van der Waals surface area contributed by atoms with Gasteiger partial charge in [-0.25, -0.2) is 4.39 Å². The summed E-state index contributed by atoms with van der Waals surface area (Å²) in [6, 6.07) is 19.3. The van der Waals surface area contributed by atoms with Crippen molar-refractivity contribution in [2.24, 2.45) is 11.1 Å². The van der Waals surface area contributed by atoms with Crippen LogP contribution in [0.25, 0.3) is 0 Å². The zero-order valence-corrected chi connectivity index (χ0v) is 22.6. The standard InChI is InChI=1S/C30H33ClFN3O3/c1-30(2,3)18-35-25-12-11-22(31)14-23(25)28(20-9-6-7-19(13-20)16-33)38-26(29(35)37)15-27(36)34-17-21-8-4-5-10-24(21)32/h4-14,26,28H,15-18,33H2,1-3H3,(H,34,36). The van der Waals surface area contributed by atoms with E-state index in [1.54, 1.807) is 35.2 Å². The molecule has 0 saturated carbocycles. The van der Waals surface area contributed by atoms with Gasteiger partial charge in [0.25, 0.3) is 5.91 Å². The summed E-state index contributed by atoms with van der Waals surface area (Å²) in [4.78, 5) is 28.6. The maximum Gasteiger partial charge on any atom is 0.256 e. The average Bonchev–Trinajstić information content (AvgIpc) is 2.98. The predicted octanol–water partition coefficient (Wildman–Crippen LogP) is 5.51. The lowest BCUT2D eigenvalue weighted by Gasteiger charge is -2.31. The van der Waals surface area contributed by atoms with Gasteiger partial charge in [-0.2, -0.15) is 0 Å². The highest BCUT2D eigenvalue weighted by Gasteiger charge is 2.39. The molecule has 3 N–H and O–H groups in total. The molecular weight excluding hydrogens is 505 g/mol. The fourth-order valence-corrected chi connectivity index (χ4v) is 4.74. The number of hydrogen-bond donors (Lipinski definition) is 2. The highest BCUT2D eigenvalue weighted by molar-refractivity contribution is 6.30. The molecule has 0 aliphatic carbocycles. The van der Waals surface area contributed by atoms with Crippen LogP contribution >= 0.6 is 11.6 Å². The van der Waals surface area contributed by atoms with Gasteiger partial charge in [0.05, 0.1) is 6.42 Å². The van der Waals surface area contributed by atoms with Gasteiger partial charge in [-0.15, -0.1) is 0 Å². The molecule has 8 heteroatoms. The quantitative estimate of drug-likeness (QED) is 0.416. The predicted molar refractivity (Wildman–Crippen MR) is 147 cm³/mol. The topological polar surface area (TPSA) is 84.7 Å². The maximum absolute atomic E-state index is 14.1. The molecular formula is C30H33ClFN3O3. The molecule has 2 atom stereocenters. The molecule has 2 amide bonds. The minimum atomic E-state index is -1.07. The van der Waals surface area contributed by atoms with Crippen molar-refractivity contribution < 1.29 is 18.7 Å². The lowest BCUT2D eigenvalue weighted by molar-refractivity contribution is -0.138. The molecule has 6 nitrogen and oxygen atoms in total. The van der Waals surface area contributed by atoms with Crippen molar-refractivity contribution >= 4 is 29.1 Å². The number of rotatable bonds is 7. The smallest absolute Gasteiger partial charge is 0.256 e. The van der Waals surface area contributed by atoms with E-state index in [0.717, 1.165) is 16.7 Å². The molecule has 0 saturated heterocycles. The molecule has 38 heavy (non-hydrogen) atoms. The number of hydrogen-bond acceptors (Lipinski definition) is 4. The van der Waals surface area contributed by atoms with Gasteiger partial charge in [0.2, 0.25) is 5.91 Å². The molecule has 0 spiro atoms. The molecule has 4 rings (SSSR count). The minimum absolute atomic E-state index is 0.00985. The van der Waals surface area contributed by atoms with E-state index in [9.17, 15) is 14.0 Å². The Kier molecular flexibility index (Phi) is 8.51. The Morgan fingerprint density at radius 3 is 2.58 bits per heavy atom. The normalized spacial score (nSPS) is 17.6. The van der Waals surface area contributed by atoms with E-state index in [4.69, 9.17) is 22.1 Å². The third kappa shape index (κ3) is 6.59. The van der Waals surface area contributed by atoms with Crippen LogP contribution in [-0.2, 0) is 27.4 Å². The maximum atomic E-state index is 14.1. The summed E-state index contributed by atoms with van der Waals surface area (Å²) in [5.74, 6) is -1.14. The van der Waals surface area contributed by atoms with Gasteiger partial charge in [-0.3, -0.25) is 9.59 Å². The van der Waals surface area contributed by atoms with Gasteiger partial charge >= 0.3 is 0 Å². The van der Waals surface area contributed by atoms with Crippen LogP contribution in [0.2, 0.25) is 5.02 Å². The van der Waals surface area contributed by atoms with Crippen molar-refractivity contribution in [2.75, 3.05) is 11.4 Å². The lowest BCUT2D eigenvalue weighted by atomic mass is 9.94. The zero-order chi connectivity index (χ0) is 27.4. The highest BCUT2D eigenvalue weighted by Crippen LogP contribution is 2.41. The van der Waals surface area contributed by atoms with Crippen LogP contribution in [0.15, 0.2) is 66.7 Å². The Bertz CT molecular complexity index is 1320. The zero-order valence-electron chi connectivity index (χ0n) is 21.8. The Morgan fingerprint density at radius 1 is 1.11 bits per heavy atom. The van der Waals surface area contributed by atoms with Crippen molar-refractivity contribution in [3.05, 3.63) is 99.8 Å². The number of nitrogens with two attached hydrogens (primary N) is 1. The Morgan fingerprint density at radius 2 is 1.87 bits per heavy atom. The molecule has 0 bridgehead atoms. The molecule has 1 aliphatic rings. The number of benzene rings is 3. The van der Waals surface area contributed by atoms with Crippen LogP contribution in [0.3, 0.4) is 0 Å². The summed E-state index contributed by atoms with van der Waals surface area (Å²) < 4.78 is 20.5. The average molecular weight is 538 g/mol. The lowest BCUT2D eigenvalue weighted by Crippen LogP contribution is -2.45. The summed E-state index contributed by atoms with van der Waals surface area (Å²) in [6.45, 7) is 6.89. The van der Waals surface area contributed by atoms with Crippen LogP contribution in [0.5, 0.6) is 0 Å². The number of nitrogens with one attached hydrogen (secondary N) is 1. The van der Waals surface area contributed by atoms with Crippen LogP contribution in [0.4, 0.5) is 10.1 Å². The van der Waals surface area contributed by atoms with Crippen LogP contribution < -0.4 is 16.0 Å². The van der Waals surface area contributed by atoms with E-state index >= 15 is 0 Å². The van der Waals surface area contributed by atoms with Crippen molar-refractivity contribution in [3.63, 3.8) is 0 Å². The van der Waals surface area contributed by atoms with Crippen molar-refractivity contribution in [1.82, 2.24) is 5.32 Å². The summed E-state index contributed by atoms with van der Waals surface area (Å²) in [7, 11) is 0. The number of carbonyl (C=O) groups excluding carboxylic acids is 2. The summed E-state index contributed by atoms with van der Waals surface area (Å²) in [6.07, 6.45) is -1.95. The number of amides is 2. The van der Waals surface area contributed by atoms with E-state index in [0.29, 0.717) is 29.4 Å². The van der Waals surface area contributed by atoms with Crippen molar-refractivity contribution in [1.29, 1.82) is 0 Å². The molecule has 1 aliphatic heterocycles. The molecule has 3 aromatic rings. The first-order valence-electron chi connectivity index (χ1n) is 12.6. The van der Waals surface area contributed by atoms with Crippen LogP contribution in [-0.4, -0.2) is 24.5 Å². The molecule has 0 fully saturated rings. The number of fused-ring (bicyclic) bond motifs is 1. The van der Waals surface area contributed by atoms with Gasteiger partial charge in [0, 0.05) is 41.5 Å². The Balaban J connectivity index is 1.70. The third-order valence-corrected chi connectivity index (χ3v) is 6.57. The summed E-state index contributed by atoms with van der Waals surface area (Å²) >= 11 is 6.42. The molecule has 1 heterocycles. The van der Waals surface area contributed by atoms with Gasteiger partial charge in [-0.1, -0.05) is 74.8 Å². The van der Waals surface area contributed by atoms with Gasteiger partial charge in [0.1, 0.15) is 18.0 Å². The first-order valence-corrected chi connectivity index (χ1v) is 13.0. The molecule has 3 aromatic carbocycles. The second-order valence-corrected chi connectivity index (χ2v) is 11.2. The first-order chi connectivity index (χ1) is 18.1. The summed E-state index contributed by atoms with van der Waals surface area (Å²) in [5, 5.41) is 3.24. The van der Waals surface area contributed by atoms with Gasteiger partial charge < -0.3 is 20.7 Å². The van der Waals surface area contributed by atoms with Crippen molar-refractivity contribution in [2.45, 2.75) is 52.5 Å². The largest absolute Gasteiger partial charge is 0.355 e. The summed E-state index contributed by atoms with van der Waals surface area (Å²) in [5.41, 5.74) is 9.16. The minimum Gasteiger partial charge on any atom is -0.355 e. The van der Waals surface area contributed by atoms with Gasteiger partial charge in [-0.05, 0) is 40.8 Å². The number of carbonyl (C=O) groups is 2. The second kappa shape index (κ2) is 11.6. The Labute approximate surface area is 227 Å². The SMILES string of the molecule is CC(C)(C)CN1C(=O)C(CC(=O)NCc2ccccc2F)OC(c2cccc(CN)c2)c2cc(Cl)ccc21. The van der Waals surface area contributed by atoms with E-state index in [1.807, 2.05) is 51.1 Å². The fraction of sp³-hybridized carbons (Fsp3) is 0.333. The van der Waals surface area contributed by atoms with E-state index in [1.165, 1.54) is 6.07 Å². The second-order valence-electron chi connectivity index (χ2n) is 10.7. The molecule has 200 valence electrons. The monoisotopic (exact) mass is 537 g/mol. The number of anilines is 1. The molecule has 2 unspecified atom stereocenters. The Hall–Kier alpha value is -3.26. The van der Waals surface area contributed by atoms with Crippen LogP contribution in [0, 0.1) is 11.2 Å².